The molecule has 0 aromatic heterocycles. The van der Waals surface area contributed by atoms with Crippen molar-refractivity contribution in [3.8, 4) is 17.2 Å². The summed E-state index contributed by atoms with van der Waals surface area (Å²) in [5.41, 5.74) is 1.18. The van der Waals surface area contributed by atoms with Gasteiger partial charge >= 0.3 is 5.97 Å². The van der Waals surface area contributed by atoms with E-state index in [1.54, 1.807) is 48.3 Å². The molecule has 3 aliphatic rings. The predicted molar refractivity (Wildman–Crippen MR) is 118 cm³/mol. The van der Waals surface area contributed by atoms with E-state index in [4.69, 9.17) is 24.1 Å². The number of hydrogen-bond donors (Lipinski definition) is 2. The van der Waals surface area contributed by atoms with Crippen LogP contribution >= 0.6 is 0 Å². The summed E-state index contributed by atoms with van der Waals surface area (Å²) in [6, 6.07) is 9.56. The van der Waals surface area contributed by atoms with Crippen molar-refractivity contribution in [1.29, 1.82) is 0 Å². The minimum atomic E-state index is -0.916. The Bertz CT molecular complexity index is 1150. The first-order chi connectivity index (χ1) is 16.4. The van der Waals surface area contributed by atoms with Gasteiger partial charge in [0.15, 0.2) is 11.5 Å². The van der Waals surface area contributed by atoms with Gasteiger partial charge in [-0.25, -0.2) is 0 Å². The monoisotopic (exact) mass is 468 g/mol. The molecule has 0 aliphatic carbocycles. The lowest BCUT2D eigenvalue weighted by molar-refractivity contribution is -0.148. The standard InChI is InChI=1S/C24H24N2O8/c1-26-17-5-4-15(10-22(27)28)34-21(17)11-31-18-7-3-14(9-16(18)24(26)30)25-23(29)13-2-6-19-20(8-13)33-12-32-19/h2-3,6-9,15,17,21H,4-5,10-12H2,1H3,(H,25,29)(H,27,28)/t15-,17+,21-/m1/s1. The quantitative estimate of drug-likeness (QED) is 0.702. The lowest BCUT2D eigenvalue weighted by atomic mass is 9.94. The van der Waals surface area contributed by atoms with Crippen LogP contribution in [0.25, 0.3) is 0 Å². The van der Waals surface area contributed by atoms with E-state index in [-0.39, 0.29) is 37.7 Å². The molecule has 2 N–H and O–H groups in total. The molecule has 3 atom stereocenters. The van der Waals surface area contributed by atoms with Crippen molar-refractivity contribution in [2.45, 2.75) is 37.5 Å². The van der Waals surface area contributed by atoms with Gasteiger partial charge in [-0.3, -0.25) is 14.4 Å². The summed E-state index contributed by atoms with van der Waals surface area (Å²) in [6.45, 7) is 0.308. The number of anilines is 1. The fourth-order valence-corrected chi connectivity index (χ4v) is 4.54. The Labute approximate surface area is 195 Å². The summed E-state index contributed by atoms with van der Waals surface area (Å²) in [7, 11) is 1.70. The maximum atomic E-state index is 13.3. The van der Waals surface area contributed by atoms with Crippen molar-refractivity contribution in [2.75, 3.05) is 25.8 Å². The van der Waals surface area contributed by atoms with Gasteiger partial charge in [0.25, 0.3) is 11.8 Å². The fourth-order valence-electron chi connectivity index (χ4n) is 4.54. The molecule has 0 unspecified atom stereocenters. The molecule has 0 saturated carbocycles. The predicted octanol–water partition coefficient (Wildman–Crippen LogP) is 2.52. The van der Waals surface area contributed by atoms with Gasteiger partial charge in [-0.05, 0) is 49.2 Å². The van der Waals surface area contributed by atoms with E-state index in [9.17, 15) is 14.4 Å². The molecule has 2 aromatic carbocycles. The summed E-state index contributed by atoms with van der Waals surface area (Å²) >= 11 is 0. The molecule has 2 amide bonds. The Hall–Kier alpha value is -3.79. The van der Waals surface area contributed by atoms with Crippen LogP contribution in [0.4, 0.5) is 5.69 Å². The molecule has 1 fully saturated rings. The molecule has 178 valence electrons. The number of carboxylic acids is 1. The Morgan fingerprint density at radius 3 is 2.68 bits per heavy atom. The van der Waals surface area contributed by atoms with Gasteiger partial charge in [0.05, 0.1) is 24.1 Å². The molecule has 10 heteroatoms. The number of carbonyl (C=O) groups is 3. The van der Waals surface area contributed by atoms with Crippen LogP contribution in [0.3, 0.4) is 0 Å². The average molecular weight is 468 g/mol. The third kappa shape index (κ3) is 4.24. The third-order valence-electron chi connectivity index (χ3n) is 6.31. The summed E-state index contributed by atoms with van der Waals surface area (Å²) in [5.74, 6) is -0.0607. The average Bonchev–Trinajstić information content (AvgIpc) is 3.29. The SMILES string of the molecule is CN1C(=O)c2cc(NC(=O)c3ccc4c(c3)OCO4)ccc2OC[C@H]2O[C@@H](CC(=O)O)CC[C@@H]21. The Morgan fingerprint density at radius 1 is 1.06 bits per heavy atom. The number of benzene rings is 2. The second-order valence-electron chi connectivity index (χ2n) is 8.50. The van der Waals surface area contributed by atoms with Gasteiger partial charge in [0.2, 0.25) is 6.79 Å². The molecule has 0 radical (unpaired) electrons. The highest BCUT2D eigenvalue weighted by Gasteiger charge is 2.39. The van der Waals surface area contributed by atoms with Crippen molar-refractivity contribution in [3.05, 3.63) is 47.5 Å². The first-order valence-electron chi connectivity index (χ1n) is 11.0. The van der Waals surface area contributed by atoms with Crippen molar-refractivity contribution in [1.82, 2.24) is 4.90 Å². The molecule has 3 heterocycles. The second kappa shape index (κ2) is 8.86. The molecule has 1 saturated heterocycles. The number of fused-ring (bicyclic) bond motifs is 3. The van der Waals surface area contributed by atoms with Crippen molar-refractivity contribution < 1.29 is 38.4 Å². The highest BCUT2D eigenvalue weighted by atomic mass is 16.7. The normalized spacial score (nSPS) is 23.1. The van der Waals surface area contributed by atoms with Crippen molar-refractivity contribution >= 4 is 23.5 Å². The molecule has 34 heavy (non-hydrogen) atoms. The smallest absolute Gasteiger partial charge is 0.305 e. The van der Waals surface area contributed by atoms with E-state index in [1.807, 2.05) is 0 Å². The topological polar surface area (TPSA) is 124 Å². The van der Waals surface area contributed by atoms with Crippen LogP contribution < -0.4 is 19.5 Å². The highest BCUT2D eigenvalue weighted by Crippen LogP contribution is 2.34. The molecule has 0 spiro atoms. The lowest BCUT2D eigenvalue weighted by Gasteiger charge is -2.42. The number of hydrogen-bond acceptors (Lipinski definition) is 7. The first-order valence-corrected chi connectivity index (χ1v) is 11.0. The molecule has 5 rings (SSSR count). The number of nitrogens with zero attached hydrogens (tertiary/aromatic N) is 1. The van der Waals surface area contributed by atoms with E-state index in [2.05, 4.69) is 5.32 Å². The fraction of sp³-hybridized carbons (Fsp3) is 0.375. The van der Waals surface area contributed by atoms with Gasteiger partial charge < -0.3 is 34.3 Å². The zero-order chi connectivity index (χ0) is 23.8. The van der Waals surface area contributed by atoms with E-state index >= 15 is 0 Å². The van der Waals surface area contributed by atoms with Crippen LogP contribution in [0.15, 0.2) is 36.4 Å². The molecular formula is C24H24N2O8. The Balaban J connectivity index is 1.34. The summed E-state index contributed by atoms with van der Waals surface area (Å²) < 4.78 is 22.5. The van der Waals surface area contributed by atoms with Gasteiger partial charge in [-0.1, -0.05) is 0 Å². The van der Waals surface area contributed by atoms with Gasteiger partial charge in [-0.15, -0.1) is 0 Å². The van der Waals surface area contributed by atoms with Gasteiger partial charge in [0, 0.05) is 18.3 Å². The number of aliphatic carboxylic acids is 1. The van der Waals surface area contributed by atoms with E-state index in [1.165, 1.54) is 0 Å². The van der Waals surface area contributed by atoms with Crippen LogP contribution in [0, 0.1) is 0 Å². The third-order valence-corrected chi connectivity index (χ3v) is 6.31. The molecule has 0 bridgehead atoms. The van der Waals surface area contributed by atoms with Crippen LogP contribution in [0.1, 0.15) is 40.0 Å². The van der Waals surface area contributed by atoms with Gasteiger partial charge in [-0.2, -0.15) is 0 Å². The number of nitrogens with one attached hydrogen (secondary N) is 1. The number of ether oxygens (including phenoxy) is 4. The van der Waals surface area contributed by atoms with Crippen molar-refractivity contribution in [3.63, 3.8) is 0 Å². The van der Waals surface area contributed by atoms with Crippen LogP contribution in [-0.2, 0) is 9.53 Å². The maximum absolute atomic E-state index is 13.3. The minimum Gasteiger partial charge on any atom is -0.490 e. The number of rotatable bonds is 4. The molecule has 10 nitrogen and oxygen atoms in total. The van der Waals surface area contributed by atoms with Gasteiger partial charge in [0.1, 0.15) is 18.5 Å². The Kier molecular flexibility index (Phi) is 5.74. The number of carbonyl (C=O) groups excluding carboxylic acids is 2. The summed E-state index contributed by atoms with van der Waals surface area (Å²) in [6.07, 6.45) is 0.251. The van der Waals surface area contributed by atoms with Crippen LogP contribution in [0.2, 0.25) is 0 Å². The van der Waals surface area contributed by atoms with E-state index < -0.39 is 18.2 Å². The number of amides is 2. The van der Waals surface area contributed by atoms with E-state index in [0.29, 0.717) is 46.9 Å². The van der Waals surface area contributed by atoms with Crippen LogP contribution in [0.5, 0.6) is 17.2 Å². The minimum absolute atomic E-state index is 0.0795. The zero-order valence-electron chi connectivity index (χ0n) is 18.5. The number of likely N-dealkylation sites (N-methyl/N-ethyl adjacent to an activating group) is 1. The molecule has 2 aromatic rings. The molecular weight excluding hydrogens is 444 g/mol. The Morgan fingerprint density at radius 2 is 1.85 bits per heavy atom. The maximum Gasteiger partial charge on any atom is 0.305 e. The first kappa shape index (κ1) is 22.0. The van der Waals surface area contributed by atoms with E-state index in [0.717, 1.165) is 0 Å². The lowest BCUT2D eigenvalue weighted by Crippen LogP contribution is -2.53. The number of carboxylic acid groups (broad SMARTS) is 1. The highest BCUT2D eigenvalue weighted by molar-refractivity contribution is 6.06. The molecule has 3 aliphatic heterocycles. The van der Waals surface area contributed by atoms with Crippen molar-refractivity contribution in [2.24, 2.45) is 0 Å². The summed E-state index contributed by atoms with van der Waals surface area (Å²) in [4.78, 5) is 38.7. The largest absolute Gasteiger partial charge is 0.490 e. The zero-order valence-corrected chi connectivity index (χ0v) is 18.5. The van der Waals surface area contributed by atoms with Crippen LogP contribution in [-0.4, -0.2) is 66.5 Å². The second-order valence-corrected chi connectivity index (χ2v) is 8.50. The summed E-state index contributed by atoms with van der Waals surface area (Å²) in [5, 5.41) is 11.9.